The quantitative estimate of drug-likeness (QED) is 0.529. The minimum Gasteiger partial charge on any atom is -0.468 e. The van der Waals surface area contributed by atoms with Crippen molar-refractivity contribution in [2.45, 2.75) is 6.54 Å². The summed E-state index contributed by atoms with van der Waals surface area (Å²) >= 11 is 0. The first-order valence-electron chi connectivity index (χ1n) is 6.29. The van der Waals surface area contributed by atoms with Gasteiger partial charge in [-0.2, -0.15) is 0 Å². The maximum atomic E-state index is 12.5. The summed E-state index contributed by atoms with van der Waals surface area (Å²) in [6.07, 6.45) is 0. The lowest BCUT2D eigenvalue weighted by Crippen LogP contribution is -2.25. The highest BCUT2D eigenvalue weighted by atomic mass is 16.5. The van der Waals surface area contributed by atoms with Gasteiger partial charge in [0.1, 0.15) is 6.54 Å². The molecule has 0 spiro atoms. The molecule has 0 radical (unpaired) electrons. The molecule has 0 amide bonds. The summed E-state index contributed by atoms with van der Waals surface area (Å²) in [6.45, 7) is -0.0827. The molecule has 0 aliphatic rings. The van der Waals surface area contributed by atoms with E-state index in [1.807, 2.05) is 42.5 Å². The molecule has 0 saturated carbocycles. The van der Waals surface area contributed by atoms with Gasteiger partial charge in [0.2, 0.25) is 0 Å². The summed E-state index contributed by atoms with van der Waals surface area (Å²) in [6, 6.07) is 15.0. The fourth-order valence-corrected chi connectivity index (χ4v) is 2.45. The summed E-state index contributed by atoms with van der Waals surface area (Å²) in [7, 11) is 1.32. The first-order chi connectivity index (χ1) is 9.72. The molecule has 1 aromatic heterocycles. The number of pyridine rings is 1. The average Bonchev–Trinajstić information content (AvgIpc) is 2.51. The number of hydrogen-bond donors (Lipinski definition) is 0. The lowest BCUT2D eigenvalue weighted by atomic mass is 10.1. The van der Waals surface area contributed by atoms with E-state index in [1.54, 1.807) is 6.07 Å². The van der Waals surface area contributed by atoms with Crippen molar-refractivity contribution in [3.05, 3.63) is 58.9 Å². The molecule has 4 heteroatoms. The Hall–Kier alpha value is -2.62. The van der Waals surface area contributed by atoms with Crippen LogP contribution in [0.1, 0.15) is 0 Å². The van der Waals surface area contributed by atoms with E-state index in [4.69, 9.17) is 0 Å². The number of rotatable bonds is 2. The van der Waals surface area contributed by atoms with Crippen LogP contribution in [0.3, 0.4) is 0 Å². The number of benzene rings is 2. The molecular weight excluding hydrogens is 254 g/mol. The topological polar surface area (TPSA) is 48.3 Å². The number of carbonyl (C=O) groups excluding carboxylic acids is 1. The van der Waals surface area contributed by atoms with Crippen LogP contribution in [0.25, 0.3) is 21.7 Å². The summed E-state index contributed by atoms with van der Waals surface area (Å²) in [5, 5.41) is 2.45. The van der Waals surface area contributed by atoms with Gasteiger partial charge in [0.05, 0.1) is 12.6 Å². The molecule has 20 heavy (non-hydrogen) atoms. The lowest BCUT2D eigenvalue weighted by Gasteiger charge is -2.11. The highest BCUT2D eigenvalue weighted by Crippen LogP contribution is 2.22. The Morgan fingerprint density at radius 2 is 1.60 bits per heavy atom. The predicted octanol–water partition coefficient (Wildman–Crippen LogP) is 2.33. The van der Waals surface area contributed by atoms with Gasteiger partial charge in [0.15, 0.2) is 0 Å². The van der Waals surface area contributed by atoms with Crippen molar-refractivity contribution < 1.29 is 9.53 Å². The third kappa shape index (κ3) is 1.86. The molecule has 3 rings (SSSR count). The number of para-hydroxylation sites is 1. The molecule has 0 bridgehead atoms. The van der Waals surface area contributed by atoms with Gasteiger partial charge in [-0.15, -0.1) is 0 Å². The zero-order valence-electron chi connectivity index (χ0n) is 11.0. The number of aromatic nitrogens is 1. The van der Waals surface area contributed by atoms with Crippen LogP contribution in [-0.4, -0.2) is 17.6 Å². The second kappa shape index (κ2) is 4.81. The highest BCUT2D eigenvalue weighted by Gasteiger charge is 2.12. The Labute approximate surface area is 115 Å². The van der Waals surface area contributed by atoms with E-state index < -0.39 is 5.97 Å². The molecule has 0 unspecified atom stereocenters. The number of esters is 1. The van der Waals surface area contributed by atoms with E-state index >= 15 is 0 Å². The number of ether oxygens (including phenoxy) is 1. The fraction of sp³-hybridized carbons (Fsp3) is 0.125. The van der Waals surface area contributed by atoms with Crippen LogP contribution in [0.4, 0.5) is 0 Å². The second-order valence-electron chi connectivity index (χ2n) is 4.53. The molecular formula is C16H13NO3. The maximum Gasteiger partial charge on any atom is 0.325 e. The molecule has 0 atom stereocenters. The summed E-state index contributed by atoms with van der Waals surface area (Å²) < 4.78 is 6.13. The molecule has 1 heterocycles. The Morgan fingerprint density at radius 1 is 1.00 bits per heavy atom. The number of nitrogens with zero attached hydrogens (tertiary/aromatic N) is 1. The minimum absolute atomic E-state index is 0.0827. The average molecular weight is 267 g/mol. The Kier molecular flexibility index (Phi) is 2.99. The number of methoxy groups -OCH3 is 1. The first kappa shape index (κ1) is 12.4. The van der Waals surface area contributed by atoms with E-state index in [9.17, 15) is 9.59 Å². The van der Waals surface area contributed by atoms with E-state index in [2.05, 4.69) is 4.74 Å². The Balaban J connectivity index is 2.45. The van der Waals surface area contributed by atoms with Crippen LogP contribution >= 0.6 is 0 Å². The van der Waals surface area contributed by atoms with Crippen molar-refractivity contribution in [1.82, 2.24) is 4.57 Å². The third-order valence-electron chi connectivity index (χ3n) is 3.40. The largest absolute Gasteiger partial charge is 0.468 e. The van der Waals surface area contributed by atoms with Crippen molar-refractivity contribution in [3.8, 4) is 0 Å². The fourth-order valence-electron chi connectivity index (χ4n) is 2.45. The van der Waals surface area contributed by atoms with E-state index in [0.29, 0.717) is 5.39 Å². The zero-order valence-corrected chi connectivity index (χ0v) is 11.0. The van der Waals surface area contributed by atoms with Crippen molar-refractivity contribution >= 4 is 27.6 Å². The van der Waals surface area contributed by atoms with Crippen LogP contribution in [-0.2, 0) is 16.1 Å². The SMILES string of the molecule is COC(=O)Cn1c(=O)c2ccccc2c2ccccc21. The van der Waals surface area contributed by atoms with Gasteiger partial charge in [0, 0.05) is 10.8 Å². The highest BCUT2D eigenvalue weighted by molar-refractivity contribution is 6.05. The van der Waals surface area contributed by atoms with Gasteiger partial charge in [-0.25, -0.2) is 0 Å². The van der Waals surface area contributed by atoms with Gasteiger partial charge >= 0.3 is 5.97 Å². The molecule has 0 aliphatic carbocycles. The van der Waals surface area contributed by atoms with E-state index in [1.165, 1.54) is 11.7 Å². The smallest absolute Gasteiger partial charge is 0.325 e. The maximum absolute atomic E-state index is 12.5. The standard InChI is InChI=1S/C16H13NO3/c1-20-15(18)10-17-14-9-5-4-7-12(14)11-6-2-3-8-13(11)16(17)19/h2-9H,10H2,1H3. The van der Waals surface area contributed by atoms with E-state index in [-0.39, 0.29) is 12.1 Å². The molecule has 0 N–H and O–H groups in total. The van der Waals surface area contributed by atoms with E-state index in [0.717, 1.165) is 16.3 Å². The van der Waals surface area contributed by atoms with Crippen LogP contribution in [0.15, 0.2) is 53.3 Å². The second-order valence-corrected chi connectivity index (χ2v) is 4.53. The summed E-state index contributed by atoms with van der Waals surface area (Å²) in [5.41, 5.74) is 0.561. The molecule has 2 aromatic carbocycles. The van der Waals surface area contributed by atoms with Gasteiger partial charge in [-0.3, -0.25) is 14.2 Å². The number of hydrogen-bond acceptors (Lipinski definition) is 3. The predicted molar refractivity (Wildman–Crippen MR) is 77.7 cm³/mol. The molecule has 100 valence electrons. The Morgan fingerprint density at radius 3 is 2.30 bits per heavy atom. The van der Waals surface area contributed by atoms with Gasteiger partial charge in [0.25, 0.3) is 5.56 Å². The van der Waals surface area contributed by atoms with Crippen LogP contribution in [0.5, 0.6) is 0 Å². The minimum atomic E-state index is -0.437. The lowest BCUT2D eigenvalue weighted by molar-refractivity contribution is -0.141. The molecule has 0 saturated heterocycles. The van der Waals surface area contributed by atoms with Gasteiger partial charge in [-0.05, 0) is 17.5 Å². The Bertz CT molecular complexity index is 864. The summed E-state index contributed by atoms with van der Waals surface area (Å²) in [4.78, 5) is 24.1. The van der Waals surface area contributed by atoms with Crippen molar-refractivity contribution in [1.29, 1.82) is 0 Å². The molecule has 3 aromatic rings. The molecule has 4 nitrogen and oxygen atoms in total. The van der Waals surface area contributed by atoms with Crippen LogP contribution < -0.4 is 5.56 Å². The van der Waals surface area contributed by atoms with Crippen LogP contribution in [0.2, 0.25) is 0 Å². The molecule has 0 fully saturated rings. The van der Waals surface area contributed by atoms with Gasteiger partial charge in [-0.1, -0.05) is 36.4 Å². The van der Waals surface area contributed by atoms with Crippen LogP contribution in [0, 0.1) is 0 Å². The molecule has 0 aliphatic heterocycles. The number of carbonyl (C=O) groups is 1. The third-order valence-corrected chi connectivity index (χ3v) is 3.40. The summed E-state index contributed by atoms with van der Waals surface area (Å²) in [5.74, 6) is -0.437. The zero-order chi connectivity index (χ0) is 14.1. The monoisotopic (exact) mass is 267 g/mol. The first-order valence-corrected chi connectivity index (χ1v) is 6.29. The van der Waals surface area contributed by atoms with Crippen molar-refractivity contribution in [2.75, 3.05) is 7.11 Å². The van der Waals surface area contributed by atoms with Crippen molar-refractivity contribution in [3.63, 3.8) is 0 Å². The number of fused-ring (bicyclic) bond motifs is 3. The van der Waals surface area contributed by atoms with Crippen molar-refractivity contribution in [2.24, 2.45) is 0 Å². The normalized spacial score (nSPS) is 10.8. The van der Waals surface area contributed by atoms with Gasteiger partial charge < -0.3 is 4.74 Å².